The van der Waals surface area contributed by atoms with E-state index in [1.54, 1.807) is 0 Å². The second kappa shape index (κ2) is 6.46. The van der Waals surface area contributed by atoms with Gasteiger partial charge < -0.3 is 5.32 Å². The molecule has 3 nitrogen and oxygen atoms in total. The highest BCUT2D eigenvalue weighted by Crippen LogP contribution is 2.31. The number of hydrogen-bond acceptors (Lipinski definition) is 2. The Hall–Kier alpha value is -1.91. The third-order valence-corrected chi connectivity index (χ3v) is 4.30. The summed E-state index contributed by atoms with van der Waals surface area (Å²) < 4.78 is 0. The average molecular weight is 311 g/mol. The maximum atomic E-state index is 5.57. The van der Waals surface area contributed by atoms with Gasteiger partial charge in [0, 0.05) is 0 Å². The molecule has 0 aliphatic carbocycles. The zero-order valence-electron chi connectivity index (χ0n) is 12.8. The van der Waals surface area contributed by atoms with E-state index in [1.165, 1.54) is 5.56 Å². The standard InChI is InChI=1S/C18H21N3S/c1-2-3-14-18(15-10-6-4-7-11-15)19-17(22)21(20-18)16-12-8-5-9-13-16/h4-13,20H,2-3,14H2,1H3,(H,19,22)/t18-/m1/s1. The number of hydrogen-bond donors (Lipinski definition) is 2. The maximum Gasteiger partial charge on any atom is 0.190 e. The largest absolute Gasteiger partial charge is 0.338 e. The number of unbranched alkanes of at least 4 members (excludes halogenated alkanes) is 1. The molecule has 3 rings (SSSR count). The van der Waals surface area contributed by atoms with Crippen molar-refractivity contribution in [3.63, 3.8) is 0 Å². The predicted octanol–water partition coefficient (Wildman–Crippen LogP) is 3.93. The Labute approximate surface area is 137 Å². The van der Waals surface area contributed by atoms with Crippen LogP contribution in [-0.4, -0.2) is 5.11 Å². The number of thiocarbonyl (C=S) groups is 1. The van der Waals surface area contributed by atoms with E-state index < -0.39 is 0 Å². The quantitative estimate of drug-likeness (QED) is 0.818. The lowest BCUT2D eigenvalue weighted by Crippen LogP contribution is -2.48. The van der Waals surface area contributed by atoms with Crippen molar-refractivity contribution in [3.05, 3.63) is 66.2 Å². The van der Waals surface area contributed by atoms with Gasteiger partial charge in [-0.3, -0.25) is 0 Å². The number of anilines is 1. The molecule has 2 N–H and O–H groups in total. The fourth-order valence-corrected chi connectivity index (χ4v) is 3.16. The number of para-hydroxylation sites is 1. The Morgan fingerprint density at radius 2 is 1.64 bits per heavy atom. The zero-order valence-corrected chi connectivity index (χ0v) is 13.6. The Bertz CT molecular complexity index is 629. The van der Waals surface area contributed by atoms with Crippen molar-refractivity contribution < 1.29 is 0 Å². The Morgan fingerprint density at radius 3 is 2.27 bits per heavy atom. The summed E-state index contributed by atoms with van der Waals surface area (Å²) in [6.07, 6.45) is 3.26. The lowest BCUT2D eigenvalue weighted by molar-refractivity contribution is 0.313. The molecule has 0 bridgehead atoms. The Morgan fingerprint density at radius 1 is 1.00 bits per heavy atom. The van der Waals surface area contributed by atoms with E-state index in [-0.39, 0.29) is 5.66 Å². The number of rotatable bonds is 5. The molecule has 22 heavy (non-hydrogen) atoms. The second-order valence-electron chi connectivity index (χ2n) is 5.59. The van der Waals surface area contributed by atoms with E-state index in [0.717, 1.165) is 24.9 Å². The summed E-state index contributed by atoms with van der Waals surface area (Å²) in [5, 5.41) is 6.20. The molecule has 0 saturated carbocycles. The minimum Gasteiger partial charge on any atom is -0.338 e. The van der Waals surface area contributed by atoms with Gasteiger partial charge in [0.2, 0.25) is 0 Å². The van der Waals surface area contributed by atoms with Gasteiger partial charge in [-0.2, -0.15) is 5.43 Å². The summed E-state index contributed by atoms with van der Waals surface area (Å²) in [7, 11) is 0. The van der Waals surface area contributed by atoms with Crippen LogP contribution < -0.4 is 15.8 Å². The van der Waals surface area contributed by atoms with Gasteiger partial charge in [-0.1, -0.05) is 61.9 Å². The van der Waals surface area contributed by atoms with Crippen molar-refractivity contribution >= 4 is 23.0 Å². The highest BCUT2D eigenvalue weighted by molar-refractivity contribution is 7.80. The highest BCUT2D eigenvalue weighted by atomic mass is 32.1. The molecule has 1 aliphatic heterocycles. The molecule has 0 aromatic heterocycles. The third kappa shape index (κ3) is 2.85. The number of nitrogens with zero attached hydrogens (tertiary/aromatic N) is 1. The first-order chi connectivity index (χ1) is 10.7. The monoisotopic (exact) mass is 311 g/mol. The topological polar surface area (TPSA) is 27.3 Å². The Kier molecular flexibility index (Phi) is 4.41. The van der Waals surface area contributed by atoms with Crippen LogP contribution >= 0.6 is 12.2 Å². The third-order valence-electron chi connectivity index (χ3n) is 4.01. The van der Waals surface area contributed by atoms with Crippen molar-refractivity contribution in [1.82, 2.24) is 10.7 Å². The molecule has 0 radical (unpaired) electrons. The van der Waals surface area contributed by atoms with E-state index in [4.69, 9.17) is 12.2 Å². The van der Waals surface area contributed by atoms with Gasteiger partial charge in [-0.15, -0.1) is 0 Å². The first kappa shape index (κ1) is 15.0. The van der Waals surface area contributed by atoms with Crippen LogP contribution in [0.1, 0.15) is 31.7 Å². The summed E-state index contributed by atoms with van der Waals surface area (Å²) in [4.78, 5) is 0. The molecule has 114 valence electrons. The van der Waals surface area contributed by atoms with Gasteiger partial charge >= 0.3 is 0 Å². The van der Waals surface area contributed by atoms with Crippen LogP contribution in [0.15, 0.2) is 60.7 Å². The summed E-state index contributed by atoms with van der Waals surface area (Å²) in [6.45, 7) is 2.21. The van der Waals surface area contributed by atoms with Gasteiger partial charge in [0.15, 0.2) is 5.11 Å². The fraction of sp³-hybridized carbons (Fsp3) is 0.278. The summed E-state index contributed by atoms with van der Waals surface area (Å²) in [6, 6.07) is 20.6. The summed E-state index contributed by atoms with van der Waals surface area (Å²) >= 11 is 5.57. The van der Waals surface area contributed by atoms with Crippen LogP contribution in [-0.2, 0) is 5.66 Å². The van der Waals surface area contributed by atoms with Crippen LogP contribution in [0.4, 0.5) is 5.69 Å². The minimum atomic E-state index is -0.329. The smallest absolute Gasteiger partial charge is 0.190 e. The van der Waals surface area contributed by atoms with Crippen LogP contribution in [0.5, 0.6) is 0 Å². The molecule has 1 aliphatic rings. The van der Waals surface area contributed by atoms with Crippen molar-refractivity contribution in [2.75, 3.05) is 5.01 Å². The van der Waals surface area contributed by atoms with Crippen molar-refractivity contribution in [3.8, 4) is 0 Å². The minimum absolute atomic E-state index is 0.329. The van der Waals surface area contributed by atoms with Gasteiger partial charge in [-0.05, 0) is 42.8 Å². The summed E-state index contributed by atoms with van der Waals surface area (Å²) in [5.41, 5.74) is 5.54. The van der Waals surface area contributed by atoms with Crippen LogP contribution in [0.25, 0.3) is 0 Å². The zero-order chi connectivity index (χ0) is 15.4. The van der Waals surface area contributed by atoms with Crippen molar-refractivity contribution in [1.29, 1.82) is 0 Å². The van der Waals surface area contributed by atoms with E-state index in [1.807, 2.05) is 29.3 Å². The van der Waals surface area contributed by atoms with E-state index in [0.29, 0.717) is 5.11 Å². The molecular weight excluding hydrogens is 290 g/mol. The molecule has 1 fully saturated rings. The lowest BCUT2D eigenvalue weighted by atomic mass is 9.94. The Balaban J connectivity index is 1.94. The van der Waals surface area contributed by atoms with Crippen molar-refractivity contribution in [2.45, 2.75) is 31.8 Å². The van der Waals surface area contributed by atoms with Gasteiger partial charge in [0.25, 0.3) is 0 Å². The molecule has 0 spiro atoms. The molecular formula is C18H21N3S. The van der Waals surface area contributed by atoms with Gasteiger partial charge in [0.05, 0.1) is 5.69 Å². The molecule has 0 unspecified atom stereocenters. The highest BCUT2D eigenvalue weighted by Gasteiger charge is 2.41. The van der Waals surface area contributed by atoms with Gasteiger partial charge in [-0.25, -0.2) is 5.01 Å². The summed E-state index contributed by atoms with van der Waals surface area (Å²) in [5.74, 6) is 0. The molecule has 2 aromatic rings. The molecule has 1 saturated heterocycles. The second-order valence-corrected chi connectivity index (χ2v) is 5.97. The van der Waals surface area contributed by atoms with Gasteiger partial charge in [0.1, 0.15) is 5.66 Å². The number of nitrogens with one attached hydrogen (secondary N) is 2. The fourth-order valence-electron chi connectivity index (χ4n) is 2.83. The predicted molar refractivity (Wildman–Crippen MR) is 95.4 cm³/mol. The van der Waals surface area contributed by atoms with Crippen LogP contribution in [0.2, 0.25) is 0 Å². The SMILES string of the molecule is CCCC[C@@]1(c2ccccc2)NC(=S)N(c2ccccc2)N1. The molecule has 4 heteroatoms. The maximum absolute atomic E-state index is 5.57. The first-order valence-corrected chi connectivity index (χ1v) is 8.17. The normalized spacial score (nSPS) is 21.0. The molecule has 2 aromatic carbocycles. The van der Waals surface area contributed by atoms with E-state index >= 15 is 0 Å². The van der Waals surface area contributed by atoms with Crippen LogP contribution in [0.3, 0.4) is 0 Å². The number of hydrazine groups is 1. The average Bonchev–Trinajstić information content (AvgIpc) is 2.93. The van der Waals surface area contributed by atoms with E-state index in [2.05, 4.69) is 54.1 Å². The lowest BCUT2D eigenvalue weighted by Gasteiger charge is -2.30. The van der Waals surface area contributed by atoms with Crippen molar-refractivity contribution in [2.24, 2.45) is 0 Å². The molecule has 0 amide bonds. The van der Waals surface area contributed by atoms with Crippen LogP contribution in [0, 0.1) is 0 Å². The number of benzene rings is 2. The molecule has 1 atom stereocenters. The van der Waals surface area contributed by atoms with E-state index in [9.17, 15) is 0 Å². The molecule has 1 heterocycles. The first-order valence-electron chi connectivity index (χ1n) is 7.76.